The lowest BCUT2D eigenvalue weighted by molar-refractivity contribution is 1.00. The van der Waals surface area contributed by atoms with E-state index >= 15 is 0 Å². The van der Waals surface area contributed by atoms with Crippen molar-refractivity contribution >= 4 is 6.01 Å². The molecule has 0 radical (unpaired) electrons. The van der Waals surface area contributed by atoms with Gasteiger partial charge in [-0.1, -0.05) is 35.4 Å². The van der Waals surface area contributed by atoms with Crippen molar-refractivity contribution in [3.63, 3.8) is 0 Å². The van der Waals surface area contributed by atoms with E-state index < -0.39 is 0 Å². The number of rotatable bonds is 4. The van der Waals surface area contributed by atoms with Gasteiger partial charge < -0.3 is 0 Å². The molecule has 2 heteroatoms. The van der Waals surface area contributed by atoms with E-state index in [0.29, 0.717) is 13.1 Å². The van der Waals surface area contributed by atoms with Crippen LogP contribution in [-0.2, 0) is 13.1 Å². The Balaban J connectivity index is 2.09. The zero-order valence-corrected chi connectivity index (χ0v) is 15.1. The molecule has 23 heavy (non-hydrogen) atoms. The monoisotopic (exact) mass is 306 g/mol. The first-order valence-electron chi connectivity index (χ1n) is 8.10. The Bertz CT molecular complexity index is 669. The van der Waals surface area contributed by atoms with Crippen LogP contribution in [0.1, 0.15) is 44.5 Å². The summed E-state index contributed by atoms with van der Waals surface area (Å²) in [5, 5.41) is 0. The van der Waals surface area contributed by atoms with Crippen LogP contribution in [0.3, 0.4) is 0 Å². The zero-order chi connectivity index (χ0) is 17.0. The minimum atomic E-state index is 0.646. The van der Waals surface area contributed by atoms with Gasteiger partial charge in [0, 0.05) is 0 Å². The van der Waals surface area contributed by atoms with Crippen molar-refractivity contribution < 1.29 is 0 Å². The molecule has 0 saturated carbocycles. The highest BCUT2D eigenvalue weighted by Gasteiger charge is 2.03. The second-order valence-corrected chi connectivity index (χ2v) is 6.49. The smallest absolute Gasteiger partial charge is 0.0899 e. The Hall–Kier alpha value is -2.18. The molecule has 0 aliphatic carbocycles. The van der Waals surface area contributed by atoms with E-state index in [9.17, 15) is 0 Å². The van der Waals surface area contributed by atoms with E-state index in [0.717, 1.165) is 0 Å². The molecule has 0 bridgehead atoms. The van der Waals surface area contributed by atoms with E-state index in [4.69, 9.17) is 0 Å². The van der Waals surface area contributed by atoms with E-state index in [1.165, 1.54) is 44.5 Å². The maximum absolute atomic E-state index is 4.37. The van der Waals surface area contributed by atoms with Gasteiger partial charge in [-0.15, -0.1) is 0 Å². The van der Waals surface area contributed by atoms with Crippen LogP contribution in [-0.4, -0.2) is 6.01 Å². The average Bonchev–Trinajstić information content (AvgIpc) is 2.42. The molecule has 0 aliphatic rings. The molecule has 120 valence electrons. The van der Waals surface area contributed by atoms with E-state index in [-0.39, 0.29) is 0 Å². The van der Waals surface area contributed by atoms with Crippen LogP contribution in [0.2, 0.25) is 0 Å². The lowest BCUT2D eigenvalue weighted by atomic mass is 10.00. The van der Waals surface area contributed by atoms with Gasteiger partial charge >= 0.3 is 0 Å². The van der Waals surface area contributed by atoms with Crippen LogP contribution >= 0.6 is 0 Å². The molecule has 0 atom stereocenters. The molecule has 2 aromatic carbocycles. The van der Waals surface area contributed by atoms with Gasteiger partial charge in [-0.2, -0.15) is 0 Å². The molecule has 2 aromatic rings. The Labute approximate surface area is 140 Å². The summed E-state index contributed by atoms with van der Waals surface area (Å²) >= 11 is 0. The van der Waals surface area contributed by atoms with E-state index in [1.54, 1.807) is 0 Å². The predicted octanol–water partition coefficient (Wildman–Crippen LogP) is 5.41. The molecular formula is C21H26N2. The van der Waals surface area contributed by atoms with Crippen molar-refractivity contribution in [2.45, 2.75) is 54.6 Å². The third-order valence-corrected chi connectivity index (χ3v) is 4.30. The van der Waals surface area contributed by atoms with Crippen LogP contribution in [0.5, 0.6) is 0 Å². The maximum Gasteiger partial charge on any atom is 0.0899 e. The Morgan fingerprint density at radius 3 is 1.22 bits per heavy atom. The molecule has 0 saturated heterocycles. The van der Waals surface area contributed by atoms with Gasteiger partial charge in [0.05, 0.1) is 19.1 Å². The maximum atomic E-state index is 4.37. The molecular weight excluding hydrogens is 280 g/mol. The topological polar surface area (TPSA) is 24.7 Å². The van der Waals surface area contributed by atoms with Crippen molar-refractivity contribution in [1.29, 1.82) is 0 Å². The molecule has 0 unspecified atom stereocenters. The van der Waals surface area contributed by atoms with Gasteiger partial charge in [0.2, 0.25) is 0 Å². The minimum Gasteiger partial charge on any atom is -0.221 e. The number of benzene rings is 2. The standard InChI is InChI=1S/C21H26N2/c1-14-7-16(3)20(17(4)8-14)11-22-13-23-12-21-18(5)9-15(2)10-19(21)6/h7-10H,11-12H2,1-6H3. The van der Waals surface area contributed by atoms with E-state index in [1.807, 2.05) is 0 Å². The van der Waals surface area contributed by atoms with Crippen molar-refractivity contribution in [3.05, 3.63) is 68.8 Å². The Kier molecular flexibility index (Phi) is 5.52. The third kappa shape index (κ3) is 4.40. The molecule has 2 rings (SSSR count). The highest BCUT2D eigenvalue weighted by molar-refractivity contribution is 5.45. The second kappa shape index (κ2) is 7.39. The Morgan fingerprint density at radius 1 is 0.609 bits per heavy atom. The number of aryl methyl sites for hydroxylation is 6. The molecule has 0 spiro atoms. The lowest BCUT2D eigenvalue weighted by Crippen LogP contribution is -1.94. The quantitative estimate of drug-likeness (QED) is 0.675. The fraction of sp³-hybridized carbons (Fsp3) is 0.381. The highest BCUT2D eigenvalue weighted by Crippen LogP contribution is 2.18. The number of aliphatic imine (C=N–C) groups is 2. The van der Waals surface area contributed by atoms with Gasteiger partial charge in [0.1, 0.15) is 0 Å². The molecule has 2 nitrogen and oxygen atoms in total. The number of hydrogen-bond donors (Lipinski definition) is 0. The first-order valence-corrected chi connectivity index (χ1v) is 8.10. The third-order valence-electron chi connectivity index (χ3n) is 4.30. The average molecular weight is 306 g/mol. The highest BCUT2D eigenvalue weighted by atomic mass is 14.8. The fourth-order valence-electron chi connectivity index (χ4n) is 3.20. The number of hydrogen-bond acceptors (Lipinski definition) is 2. The van der Waals surface area contributed by atoms with Crippen molar-refractivity contribution in [1.82, 2.24) is 0 Å². The first kappa shape index (κ1) is 17.2. The normalized spacial score (nSPS) is 10.3. The summed E-state index contributed by atoms with van der Waals surface area (Å²) in [6.07, 6.45) is 0. The summed E-state index contributed by atoms with van der Waals surface area (Å²) in [5.74, 6) is 0. The van der Waals surface area contributed by atoms with Gasteiger partial charge in [0.15, 0.2) is 0 Å². The van der Waals surface area contributed by atoms with Crippen LogP contribution in [0, 0.1) is 41.5 Å². The molecule has 0 aromatic heterocycles. The second-order valence-electron chi connectivity index (χ2n) is 6.49. The first-order chi connectivity index (χ1) is 10.9. The predicted molar refractivity (Wildman–Crippen MR) is 98.6 cm³/mol. The zero-order valence-electron chi connectivity index (χ0n) is 15.1. The van der Waals surface area contributed by atoms with Crippen LogP contribution in [0.15, 0.2) is 34.3 Å². The summed E-state index contributed by atoms with van der Waals surface area (Å²) in [7, 11) is 0. The van der Waals surface area contributed by atoms with Crippen LogP contribution in [0.25, 0.3) is 0 Å². The Morgan fingerprint density at radius 2 is 0.913 bits per heavy atom. The fourth-order valence-corrected chi connectivity index (χ4v) is 3.20. The summed E-state index contributed by atoms with van der Waals surface area (Å²) in [6.45, 7) is 14.1. The molecule has 0 heterocycles. The summed E-state index contributed by atoms with van der Waals surface area (Å²) in [6, 6.07) is 11.7. The van der Waals surface area contributed by atoms with Gasteiger partial charge in [-0.25, -0.2) is 9.98 Å². The molecule has 0 N–H and O–H groups in total. The van der Waals surface area contributed by atoms with Gasteiger partial charge in [-0.3, -0.25) is 0 Å². The van der Waals surface area contributed by atoms with Crippen molar-refractivity contribution in [2.75, 3.05) is 0 Å². The largest absolute Gasteiger partial charge is 0.221 e. The SMILES string of the molecule is Cc1cc(C)c(CN=C=NCc2c(C)cc(C)cc2C)c(C)c1. The summed E-state index contributed by atoms with van der Waals surface area (Å²) in [4.78, 5) is 8.74. The summed E-state index contributed by atoms with van der Waals surface area (Å²) < 4.78 is 0. The minimum absolute atomic E-state index is 0.646. The van der Waals surface area contributed by atoms with Crippen molar-refractivity contribution in [3.8, 4) is 0 Å². The summed E-state index contributed by atoms with van der Waals surface area (Å²) in [5.41, 5.74) is 10.3. The van der Waals surface area contributed by atoms with Gasteiger partial charge in [-0.05, 0) is 74.9 Å². The molecule has 0 amide bonds. The number of nitrogens with zero attached hydrogens (tertiary/aromatic N) is 2. The van der Waals surface area contributed by atoms with E-state index in [2.05, 4.69) is 81.8 Å². The molecule has 0 aliphatic heterocycles. The van der Waals surface area contributed by atoms with Crippen LogP contribution in [0.4, 0.5) is 0 Å². The van der Waals surface area contributed by atoms with Gasteiger partial charge in [0.25, 0.3) is 0 Å². The lowest BCUT2D eigenvalue weighted by Gasteiger charge is -2.08. The van der Waals surface area contributed by atoms with Crippen molar-refractivity contribution in [2.24, 2.45) is 9.98 Å². The molecule has 0 fully saturated rings. The van der Waals surface area contributed by atoms with Crippen LogP contribution < -0.4 is 0 Å².